The highest BCUT2D eigenvalue weighted by Gasteiger charge is 2.30. The molecule has 1 saturated carbocycles. The lowest BCUT2D eigenvalue weighted by Crippen LogP contribution is -2.56. The lowest BCUT2D eigenvalue weighted by Gasteiger charge is -2.43. The van der Waals surface area contributed by atoms with E-state index in [2.05, 4.69) is 43.4 Å². The van der Waals surface area contributed by atoms with Crippen molar-refractivity contribution in [2.45, 2.75) is 24.8 Å². The Kier molecular flexibility index (Phi) is 4.85. The maximum Gasteiger partial charge on any atom is 0.246 e. The van der Waals surface area contributed by atoms with Gasteiger partial charge in [-0.15, -0.1) is 5.10 Å². The van der Waals surface area contributed by atoms with Crippen molar-refractivity contribution < 1.29 is 4.74 Å². The number of nitrogens with zero attached hydrogens (tertiary/aromatic N) is 5. The standard InChI is InChI=1S/C24H28N6O/c1-2-4-21(5-3-1)30-17-25-24(27-30)26-20-12-19(18-6-7-18)13-22(14-20)28-8-10-29(11-9-28)23-15-31-16-23/h1-5,12-14,17-18,23H,6-11,15-16H2,(H,26,27). The van der Waals surface area contributed by atoms with Crippen LogP contribution in [0.15, 0.2) is 54.9 Å². The Bertz CT molecular complexity index is 1040. The molecule has 0 bridgehead atoms. The van der Waals surface area contributed by atoms with Crippen molar-refractivity contribution in [3.63, 3.8) is 0 Å². The summed E-state index contributed by atoms with van der Waals surface area (Å²) in [6.45, 7) is 6.12. The van der Waals surface area contributed by atoms with E-state index in [1.807, 2.05) is 30.3 Å². The number of nitrogens with one attached hydrogen (secondary N) is 1. The van der Waals surface area contributed by atoms with Crippen LogP contribution in [-0.2, 0) is 4.74 Å². The number of anilines is 3. The third kappa shape index (κ3) is 4.03. The maximum absolute atomic E-state index is 5.37. The summed E-state index contributed by atoms with van der Waals surface area (Å²) in [6.07, 6.45) is 4.34. The Morgan fingerprint density at radius 1 is 0.903 bits per heavy atom. The number of rotatable bonds is 6. The molecule has 1 aromatic heterocycles. The van der Waals surface area contributed by atoms with Crippen molar-refractivity contribution in [1.82, 2.24) is 19.7 Å². The van der Waals surface area contributed by atoms with E-state index < -0.39 is 0 Å². The highest BCUT2D eigenvalue weighted by atomic mass is 16.5. The van der Waals surface area contributed by atoms with Crippen molar-refractivity contribution in [2.75, 3.05) is 49.6 Å². The SMILES string of the molecule is c1ccc(-n2cnc(Nc3cc(C4CC4)cc(N4CCN(C5COC5)CC4)c3)n2)cc1. The number of para-hydroxylation sites is 1. The van der Waals surface area contributed by atoms with E-state index >= 15 is 0 Å². The predicted octanol–water partition coefficient (Wildman–Crippen LogP) is 3.41. The molecule has 2 aliphatic heterocycles. The van der Waals surface area contributed by atoms with Gasteiger partial charge in [0, 0.05) is 37.6 Å². The zero-order chi connectivity index (χ0) is 20.6. The van der Waals surface area contributed by atoms with E-state index in [4.69, 9.17) is 4.74 Å². The Balaban J connectivity index is 1.20. The number of hydrogen-bond acceptors (Lipinski definition) is 6. The van der Waals surface area contributed by atoms with Crippen molar-refractivity contribution in [1.29, 1.82) is 0 Å². The highest BCUT2D eigenvalue weighted by Crippen LogP contribution is 2.42. The summed E-state index contributed by atoms with van der Waals surface area (Å²) in [6, 6.07) is 17.6. The number of benzene rings is 2. The molecule has 0 spiro atoms. The third-order valence-electron chi connectivity index (χ3n) is 6.57. The van der Waals surface area contributed by atoms with Crippen LogP contribution in [0.4, 0.5) is 17.3 Å². The summed E-state index contributed by atoms with van der Waals surface area (Å²) in [7, 11) is 0. The van der Waals surface area contributed by atoms with Crippen LogP contribution in [0.25, 0.3) is 5.69 Å². The molecule has 6 rings (SSSR count). The van der Waals surface area contributed by atoms with Gasteiger partial charge in [-0.1, -0.05) is 18.2 Å². The normalized spacial score (nSPS) is 19.9. The Hall–Kier alpha value is -2.90. The molecule has 2 saturated heterocycles. The minimum Gasteiger partial charge on any atom is -0.378 e. The van der Waals surface area contributed by atoms with Gasteiger partial charge < -0.3 is 15.0 Å². The van der Waals surface area contributed by atoms with Crippen LogP contribution in [-0.4, -0.2) is 65.1 Å². The van der Waals surface area contributed by atoms with Crippen LogP contribution in [0.3, 0.4) is 0 Å². The van der Waals surface area contributed by atoms with E-state index in [1.54, 1.807) is 11.0 Å². The molecule has 1 N–H and O–H groups in total. The second-order valence-electron chi connectivity index (χ2n) is 8.78. The number of piperazine rings is 1. The van der Waals surface area contributed by atoms with Gasteiger partial charge in [0.15, 0.2) is 0 Å². The van der Waals surface area contributed by atoms with Crippen molar-refractivity contribution in [3.05, 3.63) is 60.4 Å². The van der Waals surface area contributed by atoms with Crippen molar-refractivity contribution in [3.8, 4) is 5.69 Å². The van der Waals surface area contributed by atoms with E-state index in [9.17, 15) is 0 Å². The van der Waals surface area contributed by atoms with Gasteiger partial charge >= 0.3 is 0 Å². The van der Waals surface area contributed by atoms with E-state index in [0.717, 1.165) is 50.8 Å². The third-order valence-corrected chi connectivity index (χ3v) is 6.57. The first-order valence-corrected chi connectivity index (χ1v) is 11.3. The van der Waals surface area contributed by atoms with E-state index in [1.165, 1.54) is 24.1 Å². The predicted molar refractivity (Wildman–Crippen MR) is 121 cm³/mol. The monoisotopic (exact) mass is 416 g/mol. The van der Waals surface area contributed by atoms with E-state index in [-0.39, 0.29) is 0 Å². The van der Waals surface area contributed by atoms with Crippen LogP contribution in [0.1, 0.15) is 24.3 Å². The fourth-order valence-corrected chi connectivity index (χ4v) is 4.48. The van der Waals surface area contributed by atoms with Gasteiger partial charge in [0.1, 0.15) is 6.33 Å². The summed E-state index contributed by atoms with van der Waals surface area (Å²) >= 11 is 0. The largest absolute Gasteiger partial charge is 0.378 e. The van der Waals surface area contributed by atoms with Crippen molar-refractivity contribution >= 4 is 17.3 Å². The molecule has 7 nitrogen and oxygen atoms in total. The molecule has 0 radical (unpaired) electrons. The molecule has 7 heteroatoms. The fraction of sp³-hybridized carbons (Fsp3) is 0.417. The highest BCUT2D eigenvalue weighted by molar-refractivity contribution is 5.65. The molecule has 0 atom stereocenters. The van der Waals surface area contributed by atoms with Gasteiger partial charge in [-0.25, -0.2) is 4.68 Å². The van der Waals surface area contributed by atoms with Gasteiger partial charge in [-0.3, -0.25) is 4.90 Å². The Morgan fingerprint density at radius 3 is 2.42 bits per heavy atom. The number of hydrogen-bond donors (Lipinski definition) is 1. The first kappa shape index (κ1) is 18.8. The molecule has 3 aliphatic rings. The lowest BCUT2D eigenvalue weighted by atomic mass is 10.1. The van der Waals surface area contributed by atoms with Crippen LogP contribution < -0.4 is 10.2 Å². The van der Waals surface area contributed by atoms with Gasteiger partial charge in [0.25, 0.3) is 0 Å². The Labute approximate surface area is 182 Å². The zero-order valence-corrected chi connectivity index (χ0v) is 17.7. The van der Waals surface area contributed by atoms with E-state index in [0.29, 0.717) is 17.9 Å². The van der Waals surface area contributed by atoms with Crippen LogP contribution in [0.2, 0.25) is 0 Å². The van der Waals surface area contributed by atoms with Gasteiger partial charge in [0.2, 0.25) is 5.95 Å². The fourth-order valence-electron chi connectivity index (χ4n) is 4.48. The topological polar surface area (TPSA) is 58.5 Å². The second kappa shape index (κ2) is 7.98. The molecule has 2 aromatic carbocycles. The molecule has 3 aromatic rings. The summed E-state index contributed by atoms with van der Waals surface area (Å²) in [4.78, 5) is 9.56. The van der Waals surface area contributed by atoms with Crippen LogP contribution in [0.5, 0.6) is 0 Å². The average Bonchev–Trinajstić information content (AvgIpc) is 3.53. The number of aromatic nitrogens is 3. The van der Waals surface area contributed by atoms with Gasteiger partial charge in [-0.05, 0) is 54.7 Å². The summed E-state index contributed by atoms with van der Waals surface area (Å²) in [5, 5.41) is 8.06. The van der Waals surface area contributed by atoms with Crippen LogP contribution in [0, 0.1) is 0 Å². The summed E-state index contributed by atoms with van der Waals surface area (Å²) in [5.74, 6) is 1.32. The quantitative estimate of drug-likeness (QED) is 0.665. The molecule has 31 heavy (non-hydrogen) atoms. The molecule has 160 valence electrons. The molecular formula is C24H28N6O. The lowest BCUT2D eigenvalue weighted by molar-refractivity contribution is -0.0660. The smallest absolute Gasteiger partial charge is 0.246 e. The first-order valence-electron chi connectivity index (χ1n) is 11.3. The summed E-state index contributed by atoms with van der Waals surface area (Å²) < 4.78 is 7.18. The molecule has 1 aliphatic carbocycles. The van der Waals surface area contributed by atoms with Gasteiger partial charge in [0.05, 0.1) is 24.9 Å². The number of ether oxygens (including phenoxy) is 1. The minimum atomic E-state index is 0.623. The zero-order valence-electron chi connectivity index (χ0n) is 17.7. The van der Waals surface area contributed by atoms with Crippen LogP contribution >= 0.6 is 0 Å². The summed E-state index contributed by atoms with van der Waals surface area (Å²) in [5.41, 5.74) is 4.81. The van der Waals surface area contributed by atoms with Gasteiger partial charge in [-0.2, -0.15) is 4.98 Å². The minimum absolute atomic E-state index is 0.623. The molecule has 3 fully saturated rings. The average molecular weight is 417 g/mol. The second-order valence-corrected chi connectivity index (χ2v) is 8.78. The van der Waals surface area contributed by atoms with Crippen molar-refractivity contribution in [2.24, 2.45) is 0 Å². The Morgan fingerprint density at radius 2 is 1.71 bits per heavy atom. The molecular weight excluding hydrogens is 388 g/mol. The molecule has 0 unspecified atom stereocenters. The molecule has 0 amide bonds. The maximum atomic E-state index is 5.37. The molecule has 3 heterocycles. The first-order chi connectivity index (χ1) is 15.3.